The lowest BCUT2D eigenvalue weighted by Gasteiger charge is -2.20. The van der Waals surface area contributed by atoms with Crippen LogP contribution in [0, 0.1) is 23.2 Å². The molecule has 2 unspecified atom stereocenters. The number of nitrogens with two attached hydrogens (primary N) is 1. The van der Waals surface area contributed by atoms with Crippen molar-refractivity contribution >= 4 is 23.7 Å². The predicted molar refractivity (Wildman–Crippen MR) is 120 cm³/mol. The molecule has 2 N–H and O–H groups in total. The quantitative estimate of drug-likeness (QED) is 0.533. The summed E-state index contributed by atoms with van der Waals surface area (Å²) < 4.78 is 3.53. The maximum Gasteiger partial charge on any atom is 0.128 e. The highest BCUT2D eigenvalue weighted by atomic mass is 35.5. The summed E-state index contributed by atoms with van der Waals surface area (Å²) in [6.07, 6.45) is 9.20. The van der Waals surface area contributed by atoms with E-state index in [0.29, 0.717) is 23.4 Å². The summed E-state index contributed by atoms with van der Waals surface area (Å²) >= 11 is 0. The maximum atomic E-state index is 9.57. The molecule has 156 valence electrons. The molecule has 2 fully saturated rings. The molecule has 8 nitrogen and oxygen atoms in total. The Kier molecular flexibility index (Phi) is 4.46. The summed E-state index contributed by atoms with van der Waals surface area (Å²) in [7, 11) is 1.89. The molecule has 0 aromatic carbocycles. The van der Waals surface area contributed by atoms with Crippen LogP contribution >= 0.6 is 12.4 Å². The van der Waals surface area contributed by atoms with E-state index in [2.05, 4.69) is 39.4 Å². The largest absolute Gasteiger partial charge is 0.356 e. The van der Waals surface area contributed by atoms with Gasteiger partial charge in [0, 0.05) is 67.0 Å². The van der Waals surface area contributed by atoms with Crippen LogP contribution in [0.25, 0.3) is 27.8 Å². The topological polar surface area (TPSA) is 101 Å². The highest BCUT2D eigenvalue weighted by molar-refractivity contribution is 5.87. The van der Waals surface area contributed by atoms with Gasteiger partial charge in [-0.05, 0) is 30.0 Å². The molecule has 1 aliphatic heterocycles. The van der Waals surface area contributed by atoms with Crippen LogP contribution in [0.4, 0.5) is 5.82 Å². The van der Waals surface area contributed by atoms with Crippen molar-refractivity contribution in [3.8, 4) is 28.3 Å². The maximum absolute atomic E-state index is 9.57. The number of halogens is 1. The molecular formula is C22H21ClN8. The van der Waals surface area contributed by atoms with Crippen molar-refractivity contribution < 1.29 is 0 Å². The van der Waals surface area contributed by atoms with Crippen LogP contribution in [-0.4, -0.2) is 43.5 Å². The minimum absolute atomic E-state index is 0. The molecule has 31 heavy (non-hydrogen) atoms. The molecule has 5 heterocycles. The Morgan fingerprint density at radius 2 is 1.84 bits per heavy atom. The van der Waals surface area contributed by atoms with Crippen LogP contribution in [-0.2, 0) is 7.05 Å². The van der Waals surface area contributed by atoms with E-state index in [0.717, 1.165) is 46.7 Å². The average Bonchev–Trinajstić information content (AvgIpc) is 3.26. The first-order chi connectivity index (χ1) is 14.6. The third-order valence-electron chi connectivity index (χ3n) is 6.41. The lowest BCUT2D eigenvalue weighted by Crippen LogP contribution is -2.28. The minimum Gasteiger partial charge on any atom is -0.356 e. The SMILES string of the molecule is Cl.Cn1cc(-c2cc(-c3ccc(N4CC5C(N)C5C4)nc3)c3c(C#N)cnn3c2)cn1. The van der Waals surface area contributed by atoms with E-state index in [9.17, 15) is 5.26 Å². The number of nitriles is 1. The number of nitrogens with zero attached hydrogens (tertiary/aromatic N) is 7. The van der Waals surface area contributed by atoms with Crippen LogP contribution < -0.4 is 10.6 Å². The molecule has 0 spiro atoms. The van der Waals surface area contributed by atoms with Crippen LogP contribution in [0.15, 0.2) is 49.2 Å². The Labute approximate surface area is 185 Å². The molecule has 0 bridgehead atoms. The molecule has 4 aromatic rings. The molecular weight excluding hydrogens is 412 g/mol. The number of piperidine rings is 1. The summed E-state index contributed by atoms with van der Waals surface area (Å²) in [5.41, 5.74) is 11.2. The Balaban J connectivity index is 0.00000204. The number of hydrogen-bond donors (Lipinski definition) is 1. The Bertz CT molecular complexity index is 1300. The van der Waals surface area contributed by atoms with E-state index in [1.54, 1.807) is 15.4 Å². The first kappa shape index (κ1) is 19.5. The third-order valence-corrected chi connectivity index (χ3v) is 6.41. The molecule has 1 saturated heterocycles. The molecule has 6 rings (SSSR count). The molecule has 0 radical (unpaired) electrons. The zero-order chi connectivity index (χ0) is 20.4. The van der Waals surface area contributed by atoms with E-state index in [1.165, 1.54) is 0 Å². The average molecular weight is 433 g/mol. The molecule has 2 atom stereocenters. The number of aryl methyl sites for hydroxylation is 1. The molecule has 4 aromatic heterocycles. The van der Waals surface area contributed by atoms with Crippen LogP contribution in [0.5, 0.6) is 0 Å². The van der Waals surface area contributed by atoms with Crippen LogP contribution in [0.1, 0.15) is 5.56 Å². The van der Waals surface area contributed by atoms with E-state index >= 15 is 0 Å². The Morgan fingerprint density at radius 1 is 1.03 bits per heavy atom. The van der Waals surface area contributed by atoms with Gasteiger partial charge < -0.3 is 10.6 Å². The normalized spacial score (nSPS) is 21.6. The number of fused-ring (bicyclic) bond motifs is 2. The number of anilines is 1. The van der Waals surface area contributed by atoms with Crippen molar-refractivity contribution in [3.05, 3.63) is 54.7 Å². The number of pyridine rings is 2. The third kappa shape index (κ3) is 3.05. The van der Waals surface area contributed by atoms with E-state index in [-0.39, 0.29) is 12.4 Å². The van der Waals surface area contributed by atoms with Gasteiger partial charge in [-0.25, -0.2) is 9.50 Å². The number of rotatable bonds is 3. The van der Waals surface area contributed by atoms with Crippen molar-refractivity contribution in [1.82, 2.24) is 24.4 Å². The molecule has 9 heteroatoms. The highest BCUT2D eigenvalue weighted by Crippen LogP contribution is 2.45. The summed E-state index contributed by atoms with van der Waals surface area (Å²) in [5, 5.41) is 18.2. The fourth-order valence-corrected chi connectivity index (χ4v) is 4.64. The summed E-state index contributed by atoms with van der Waals surface area (Å²) in [4.78, 5) is 7.04. The van der Waals surface area contributed by atoms with E-state index in [1.807, 2.05) is 31.8 Å². The number of hydrogen-bond acceptors (Lipinski definition) is 6. The van der Waals surface area contributed by atoms with Gasteiger partial charge in [0.1, 0.15) is 11.9 Å². The molecule has 1 aliphatic carbocycles. The van der Waals surface area contributed by atoms with Crippen molar-refractivity contribution in [2.24, 2.45) is 24.6 Å². The van der Waals surface area contributed by atoms with Gasteiger partial charge in [-0.2, -0.15) is 15.5 Å². The van der Waals surface area contributed by atoms with E-state index < -0.39 is 0 Å². The second-order valence-electron chi connectivity index (χ2n) is 8.22. The van der Waals surface area contributed by atoms with E-state index in [4.69, 9.17) is 10.7 Å². The highest BCUT2D eigenvalue weighted by Gasteiger charge is 2.53. The molecule has 0 amide bonds. The fraction of sp³-hybridized carbons (Fsp3) is 0.273. The zero-order valence-corrected chi connectivity index (χ0v) is 17.7. The molecule has 1 saturated carbocycles. The van der Waals surface area contributed by atoms with Crippen molar-refractivity contribution in [2.75, 3.05) is 18.0 Å². The van der Waals surface area contributed by atoms with Gasteiger partial charge in [0.25, 0.3) is 0 Å². The van der Waals surface area contributed by atoms with Crippen molar-refractivity contribution in [2.45, 2.75) is 6.04 Å². The second kappa shape index (κ2) is 7.08. The lowest BCUT2D eigenvalue weighted by molar-refractivity contribution is 0.735. The zero-order valence-electron chi connectivity index (χ0n) is 16.9. The predicted octanol–water partition coefficient (Wildman–Crippen LogP) is 2.48. The van der Waals surface area contributed by atoms with Crippen molar-refractivity contribution in [1.29, 1.82) is 5.26 Å². The lowest BCUT2D eigenvalue weighted by atomic mass is 10.0. The number of aromatic nitrogens is 5. The fourth-order valence-electron chi connectivity index (χ4n) is 4.64. The Morgan fingerprint density at radius 3 is 2.48 bits per heavy atom. The monoisotopic (exact) mass is 432 g/mol. The van der Waals surface area contributed by atoms with Crippen molar-refractivity contribution in [3.63, 3.8) is 0 Å². The summed E-state index contributed by atoms with van der Waals surface area (Å²) in [6, 6.07) is 8.83. The summed E-state index contributed by atoms with van der Waals surface area (Å²) in [6.45, 7) is 1.97. The van der Waals surface area contributed by atoms with Gasteiger partial charge in [0.05, 0.1) is 23.5 Å². The van der Waals surface area contributed by atoms with Gasteiger partial charge in [0.15, 0.2) is 0 Å². The van der Waals surface area contributed by atoms with Gasteiger partial charge in [-0.3, -0.25) is 4.68 Å². The standard InChI is InChI=1S/C22H20N8.ClH/c1-28-9-16(8-26-28)14-4-17(22-15(5-23)7-27-30(22)10-14)13-2-3-20(25-6-13)29-11-18-19(12-29)21(18)24;/h2-4,6-10,18-19,21H,11-12,24H2,1H3;1H. The first-order valence-corrected chi connectivity index (χ1v) is 10.00. The second-order valence-corrected chi connectivity index (χ2v) is 8.22. The molecule has 2 aliphatic rings. The van der Waals surface area contributed by atoms with Gasteiger partial charge in [0.2, 0.25) is 0 Å². The van der Waals surface area contributed by atoms with Gasteiger partial charge in [-0.1, -0.05) is 0 Å². The summed E-state index contributed by atoms with van der Waals surface area (Å²) in [5.74, 6) is 2.21. The first-order valence-electron chi connectivity index (χ1n) is 10.00. The van der Waals surface area contributed by atoms with Crippen LogP contribution in [0.2, 0.25) is 0 Å². The minimum atomic E-state index is 0. The Hall–Kier alpha value is -3.41. The van der Waals surface area contributed by atoms with Gasteiger partial charge in [-0.15, -0.1) is 12.4 Å². The van der Waals surface area contributed by atoms with Gasteiger partial charge >= 0.3 is 0 Å². The smallest absolute Gasteiger partial charge is 0.128 e. The van der Waals surface area contributed by atoms with Crippen LogP contribution in [0.3, 0.4) is 0 Å².